The maximum absolute atomic E-state index is 5.36. The number of aromatic nitrogens is 1. The summed E-state index contributed by atoms with van der Waals surface area (Å²) >= 11 is 0. The van der Waals surface area contributed by atoms with Crippen molar-refractivity contribution >= 4 is 0 Å². The minimum absolute atomic E-state index is 0.00491. The van der Waals surface area contributed by atoms with Gasteiger partial charge in [-0.1, -0.05) is 20.8 Å². The molecule has 1 heterocycles. The molecule has 1 aromatic rings. The van der Waals surface area contributed by atoms with Crippen LogP contribution in [0.15, 0.2) is 12.3 Å². The van der Waals surface area contributed by atoms with Crippen LogP contribution in [0.5, 0.6) is 11.6 Å². The molecule has 3 heteroatoms. The van der Waals surface area contributed by atoms with Crippen molar-refractivity contribution < 1.29 is 9.47 Å². The lowest BCUT2D eigenvalue weighted by Gasteiger charge is -2.26. The fourth-order valence-electron chi connectivity index (χ4n) is 1.55. The van der Waals surface area contributed by atoms with Crippen LogP contribution in [0.3, 0.4) is 0 Å². The van der Waals surface area contributed by atoms with Crippen LogP contribution in [0, 0.1) is 0 Å². The first-order valence-electron chi connectivity index (χ1n) is 5.14. The maximum Gasteiger partial charge on any atom is 0.220 e. The van der Waals surface area contributed by atoms with Gasteiger partial charge in [0.15, 0.2) is 0 Å². The second-order valence-electron chi connectivity index (χ2n) is 4.13. The summed E-state index contributed by atoms with van der Waals surface area (Å²) in [6, 6.07) is 1.87. The fraction of sp³-hybridized carbons (Fsp3) is 0.583. The number of methoxy groups -OCH3 is 2. The molecule has 0 aliphatic heterocycles. The van der Waals surface area contributed by atoms with E-state index in [2.05, 4.69) is 25.8 Å². The van der Waals surface area contributed by atoms with Gasteiger partial charge in [-0.2, -0.15) is 0 Å². The normalized spacial score (nSPS) is 11.3. The average molecular weight is 209 g/mol. The molecule has 0 saturated carbocycles. The Morgan fingerprint density at radius 1 is 1.27 bits per heavy atom. The molecule has 0 aromatic carbocycles. The number of nitrogens with zero attached hydrogens (tertiary/aromatic N) is 1. The molecular weight excluding hydrogens is 190 g/mol. The summed E-state index contributed by atoms with van der Waals surface area (Å²) < 4.78 is 10.6. The molecule has 0 spiro atoms. The second-order valence-corrected chi connectivity index (χ2v) is 4.13. The first-order chi connectivity index (χ1) is 7.06. The summed E-state index contributed by atoms with van der Waals surface area (Å²) in [7, 11) is 3.31. The van der Waals surface area contributed by atoms with Gasteiger partial charge in [0.25, 0.3) is 0 Å². The van der Waals surface area contributed by atoms with Gasteiger partial charge in [0.05, 0.1) is 19.8 Å². The lowest BCUT2D eigenvalue weighted by Crippen LogP contribution is -2.18. The number of hydrogen-bond donors (Lipinski definition) is 0. The van der Waals surface area contributed by atoms with Crippen molar-refractivity contribution in [2.75, 3.05) is 14.2 Å². The van der Waals surface area contributed by atoms with E-state index in [0.29, 0.717) is 5.88 Å². The van der Waals surface area contributed by atoms with E-state index >= 15 is 0 Å². The number of ether oxygens (including phenoxy) is 2. The zero-order chi connectivity index (χ0) is 11.5. The van der Waals surface area contributed by atoms with E-state index in [1.54, 1.807) is 20.4 Å². The molecule has 0 aliphatic carbocycles. The SMILES string of the molecule is CCC(C)(C)c1c(OC)ccnc1OC. The quantitative estimate of drug-likeness (QED) is 0.764. The summed E-state index contributed by atoms with van der Waals surface area (Å²) in [6.07, 6.45) is 2.71. The average Bonchev–Trinajstić information content (AvgIpc) is 2.27. The predicted octanol–water partition coefficient (Wildman–Crippen LogP) is 2.79. The third kappa shape index (κ3) is 2.22. The minimum atomic E-state index is 0.00491. The van der Waals surface area contributed by atoms with Gasteiger partial charge >= 0.3 is 0 Å². The van der Waals surface area contributed by atoms with Crippen molar-refractivity contribution in [2.24, 2.45) is 0 Å². The summed E-state index contributed by atoms with van der Waals surface area (Å²) in [5.74, 6) is 1.50. The Morgan fingerprint density at radius 2 is 1.93 bits per heavy atom. The van der Waals surface area contributed by atoms with Crippen LogP contribution >= 0.6 is 0 Å². The van der Waals surface area contributed by atoms with Crippen LogP contribution in [0.2, 0.25) is 0 Å². The molecule has 0 aliphatic rings. The fourth-order valence-corrected chi connectivity index (χ4v) is 1.55. The van der Waals surface area contributed by atoms with E-state index in [-0.39, 0.29) is 5.41 Å². The highest BCUT2D eigenvalue weighted by Crippen LogP contribution is 2.39. The van der Waals surface area contributed by atoms with Crippen molar-refractivity contribution in [3.63, 3.8) is 0 Å². The van der Waals surface area contributed by atoms with Gasteiger partial charge in [-0.3, -0.25) is 0 Å². The number of rotatable bonds is 4. The molecule has 0 saturated heterocycles. The molecule has 0 radical (unpaired) electrons. The van der Waals surface area contributed by atoms with Crippen LogP contribution in [0.4, 0.5) is 0 Å². The van der Waals surface area contributed by atoms with E-state index in [0.717, 1.165) is 17.7 Å². The van der Waals surface area contributed by atoms with Gasteiger partial charge in [0, 0.05) is 6.20 Å². The third-order valence-corrected chi connectivity index (χ3v) is 2.85. The molecule has 0 bridgehead atoms. The zero-order valence-corrected chi connectivity index (χ0v) is 10.1. The van der Waals surface area contributed by atoms with Crippen LogP contribution < -0.4 is 9.47 Å². The Kier molecular flexibility index (Phi) is 3.56. The largest absolute Gasteiger partial charge is 0.496 e. The van der Waals surface area contributed by atoms with Gasteiger partial charge in [0.1, 0.15) is 5.75 Å². The van der Waals surface area contributed by atoms with Gasteiger partial charge in [-0.05, 0) is 17.9 Å². The Bertz CT molecular complexity index is 312. The van der Waals surface area contributed by atoms with E-state index in [1.807, 2.05) is 6.07 Å². The lowest BCUT2D eigenvalue weighted by molar-refractivity contribution is 0.347. The maximum atomic E-state index is 5.36. The van der Waals surface area contributed by atoms with Gasteiger partial charge in [-0.15, -0.1) is 0 Å². The van der Waals surface area contributed by atoms with Crippen molar-refractivity contribution in [3.8, 4) is 11.6 Å². The molecular formula is C12H19NO2. The summed E-state index contributed by atoms with van der Waals surface area (Å²) in [5, 5.41) is 0. The summed E-state index contributed by atoms with van der Waals surface area (Å²) in [4.78, 5) is 4.22. The summed E-state index contributed by atoms with van der Waals surface area (Å²) in [5.41, 5.74) is 1.04. The van der Waals surface area contributed by atoms with Crippen LogP contribution in [-0.2, 0) is 5.41 Å². The van der Waals surface area contributed by atoms with Crippen LogP contribution in [0.25, 0.3) is 0 Å². The molecule has 84 valence electrons. The highest BCUT2D eigenvalue weighted by atomic mass is 16.5. The summed E-state index contributed by atoms with van der Waals surface area (Å²) in [6.45, 7) is 6.47. The Morgan fingerprint density at radius 3 is 2.40 bits per heavy atom. The molecule has 1 aromatic heterocycles. The lowest BCUT2D eigenvalue weighted by atomic mass is 9.82. The molecule has 0 N–H and O–H groups in total. The molecule has 0 amide bonds. The molecule has 0 fully saturated rings. The van der Waals surface area contributed by atoms with Crippen LogP contribution in [0.1, 0.15) is 32.8 Å². The number of pyridine rings is 1. The minimum Gasteiger partial charge on any atom is -0.496 e. The topological polar surface area (TPSA) is 31.4 Å². The zero-order valence-electron chi connectivity index (χ0n) is 10.1. The van der Waals surface area contributed by atoms with E-state index < -0.39 is 0 Å². The monoisotopic (exact) mass is 209 g/mol. The Hall–Kier alpha value is -1.25. The van der Waals surface area contributed by atoms with Crippen molar-refractivity contribution in [1.82, 2.24) is 4.98 Å². The first kappa shape index (κ1) is 11.8. The van der Waals surface area contributed by atoms with Crippen molar-refractivity contribution in [3.05, 3.63) is 17.8 Å². The molecule has 15 heavy (non-hydrogen) atoms. The highest BCUT2D eigenvalue weighted by Gasteiger charge is 2.27. The van der Waals surface area contributed by atoms with Gasteiger partial charge < -0.3 is 9.47 Å². The van der Waals surface area contributed by atoms with E-state index in [4.69, 9.17) is 9.47 Å². The molecule has 1 rings (SSSR count). The highest BCUT2D eigenvalue weighted by molar-refractivity contribution is 5.44. The van der Waals surface area contributed by atoms with E-state index in [1.165, 1.54) is 0 Å². The standard InChI is InChI=1S/C12H19NO2/c1-6-12(2,3)10-9(14-4)7-8-13-11(10)15-5/h7-8H,6H2,1-5H3. The van der Waals surface area contributed by atoms with Gasteiger partial charge in [-0.25, -0.2) is 4.98 Å². The van der Waals surface area contributed by atoms with E-state index in [9.17, 15) is 0 Å². The van der Waals surface area contributed by atoms with Gasteiger partial charge in [0.2, 0.25) is 5.88 Å². The Balaban J connectivity index is 3.34. The predicted molar refractivity (Wildman–Crippen MR) is 60.7 cm³/mol. The first-order valence-corrected chi connectivity index (χ1v) is 5.14. The second kappa shape index (κ2) is 4.51. The molecule has 0 atom stereocenters. The van der Waals surface area contributed by atoms with Crippen molar-refractivity contribution in [1.29, 1.82) is 0 Å². The Labute approximate surface area is 91.4 Å². The molecule has 3 nitrogen and oxygen atoms in total. The third-order valence-electron chi connectivity index (χ3n) is 2.85. The smallest absolute Gasteiger partial charge is 0.220 e. The van der Waals surface area contributed by atoms with Crippen molar-refractivity contribution in [2.45, 2.75) is 32.6 Å². The molecule has 0 unspecified atom stereocenters. The number of hydrogen-bond acceptors (Lipinski definition) is 3. The van der Waals surface area contributed by atoms with Crippen LogP contribution in [-0.4, -0.2) is 19.2 Å².